The smallest absolute Gasteiger partial charge is 0.325 e. The zero-order valence-electron chi connectivity index (χ0n) is 18.9. The average molecular weight is 545 g/mol. The molecule has 1 saturated heterocycles. The summed E-state index contributed by atoms with van der Waals surface area (Å²) in [6, 6.07) is 18.4. The molecular weight excluding hydrogens is 528 g/mol. The van der Waals surface area contributed by atoms with Crippen molar-refractivity contribution in [1.29, 1.82) is 0 Å². The Hall–Kier alpha value is -3.36. The summed E-state index contributed by atoms with van der Waals surface area (Å²) in [6.45, 7) is -0.687. The largest absolute Gasteiger partial charge is 0.416 e. The summed E-state index contributed by atoms with van der Waals surface area (Å²) in [5.41, 5.74) is 1.46. The van der Waals surface area contributed by atoms with Crippen LogP contribution >= 0.6 is 23.2 Å². The van der Waals surface area contributed by atoms with Crippen molar-refractivity contribution in [2.75, 3.05) is 11.9 Å². The van der Waals surface area contributed by atoms with Gasteiger partial charge in [0.25, 0.3) is 0 Å². The normalized spacial score (nSPS) is 27.5. The second-order valence-electron chi connectivity index (χ2n) is 9.36. The molecule has 1 aliphatic heterocycles. The highest BCUT2D eigenvalue weighted by Crippen LogP contribution is 2.69. The van der Waals surface area contributed by atoms with Crippen LogP contribution in [0.4, 0.5) is 18.9 Å². The third kappa shape index (κ3) is 3.15. The first-order valence-corrected chi connectivity index (χ1v) is 12.1. The van der Waals surface area contributed by atoms with Gasteiger partial charge < -0.3 is 5.32 Å². The number of amides is 3. The molecule has 2 atom stereocenters. The number of hydrogen-bond donors (Lipinski definition) is 1. The summed E-state index contributed by atoms with van der Waals surface area (Å²) in [4.78, 5) is 38.3. The maximum atomic E-state index is 13.7. The van der Waals surface area contributed by atoms with Gasteiger partial charge in [0.15, 0.2) is 0 Å². The number of likely N-dealkylation sites (tertiary alicyclic amines) is 1. The van der Waals surface area contributed by atoms with E-state index < -0.39 is 57.6 Å². The predicted molar refractivity (Wildman–Crippen MR) is 130 cm³/mol. The van der Waals surface area contributed by atoms with Gasteiger partial charge in [-0.2, -0.15) is 13.2 Å². The van der Waals surface area contributed by atoms with Crippen LogP contribution in [0.3, 0.4) is 0 Å². The van der Waals surface area contributed by atoms with Crippen LogP contribution in [0.5, 0.6) is 0 Å². The number of nitrogens with zero attached hydrogens (tertiary/aromatic N) is 1. The molecule has 0 saturated carbocycles. The minimum Gasteiger partial charge on any atom is -0.325 e. The summed E-state index contributed by atoms with van der Waals surface area (Å²) >= 11 is 14.6. The lowest BCUT2D eigenvalue weighted by molar-refractivity contribution is -0.142. The molecule has 0 spiro atoms. The molecule has 3 aromatic rings. The molecule has 5 nitrogen and oxygen atoms in total. The van der Waals surface area contributed by atoms with E-state index in [9.17, 15) is 27.6 Å². The lowest BCUT2D eigenvalue weighted by Gasteiger charge is -2.54. The van der Waals surface area contributed by atoms with Crippen molar-refractivity contribution in [2.45, 2.75) is 15.9 Å². The van der Waals surface area contributed by atoms with Crippen LogP contribution in [-0.4, -0.2) is 29.2 Å². The van der Waals surface area contributed by atoms with Gasteiger partial charge in [0.1, 0.15) is 16.3 Å². The first kappa shape index (κ1) is 24.0. The van der Waals surface area contributed by atoms with Crippen LogP contribution in [0.2, 0.25) is 0 Å². The highest BCUT2D eigenvalue weighted by atomic mass is 35.5. The fourth-order valence-electron chi connectivity index (χ4n) is 6.00. The SMILES string of the molecule is O=C(CN1C(=O)[C@@H]2[C@@H](C1=O)C1(Cl)c3ccccc3C2(Cl)c2ccccc21)Nc1cccc(C(F)(F)F)c1. The standard InChI is InChI=1S/C27H17Cl2F3N2O3/c28-25-16-8-1-2-9-17(16)26(29,19-11-4-3-10-18(19)25)22-21(25)23(36)34(24(22)37)13-20(35)33-15-7-5-6-14(12-15)27(30,31)32/h1-12,21-22H,13H2,(H,33,35)/t21-,22-,25?,26?/m0/s1. The number of benzene rings is 3. The van der Waals surface area contributed by atoms with Gasteiger partial charge in [0.05, 0.1) is 17.4 Å². The van der Waals surface area contributed by atoms with Gasteiger partial charge in [-0.05, 0) is 40.5 Å². The Morgan fingerprint density at radius 1 is 0.811 bits per heavy atom. The molecule has 7 rings (SSSR count). The number of alkyl halides is 5. The molecule has 3 amide bonds. The lowest BCUT2D eigenvalue weighted by Crippen LogP contribution is -2.57. The topological polar surface area (TPSA) is 66.5 Å². The van der Waals surface area contributed by atoms with Crippen LogP contribution in [0, 0.1) is 11.8 Å². The first-order chi connectivity index (χ1) is 17.5. The summed E-state index contributed by atoms with van der Waals surface area (Å²) in [5, 5.41) is 2.34. The molecule has 188 valence electrons. The minimum atomic E-state index is -4.59. The van der Waals surface area contributed by atoms with Crippen LogP contribution in [0.25, 0.3) is 0 Å². The fraction of sp³-hybridized carbons (Fsp3) is 0.222. The van der Waals surface area contributed by atoms with E-state index in [0.29, 0.717) is 22.3 Å². The van der Waals surface area contributed by atoms with E-state index in [2.05, 4.69) is 5.32 Å². The summed E-state index contributed by atoms with van der Waals surface area (Å²) in [5.74, 6) is -4.26. The van der Waals surface area contributed by atoms with Crippen molar-refractivity contribution in [3.05, 3.63) is 101 Å². The zero-order chi connectivity index (χ0) is 26.3. The Morgan fingerprint density at radius 3 is 1.70 bits per heavy atom. The number of carbonyl (C=O) groups excluding carboxylic acids is 3. The van der Waals surface area contributed by atoms with E-state index in [-0.39, 0.29) is 5.69 Å². The van der Waals surface area contributed by atoms with Crippen molar-refractivity contribution in [3.8, 4) is 0 Å². The van der Waals surface area contributed by atoms with Gasteiger partial charge in [-0.3, -0.25) is 19.3 Å². The van der Waals surface area contributed by atoms with Crippen LogP contribution in [0.15, 0.2) is 72.8 Å². The van der Waals surface area contributed by atoms with Crippen LogP contribution < -0.4 is 5.32 Å². The number of anilines is 1. The van der Waals surface area contributed by atoms with Crippen molar-refractivity contribution in [2.24, 2.45) is 11.8 Å². The molecule has 0 aromatic heterocycles. The molecule has 37 heavy (non-hydrogen) atoms. The second-order valence-corrected chi connectivity index (χ2v) is 10.6. The fourth-order valence-corrected chi connectivity index (χ4v) is 7.10. The van der Waals surface area contributed by atoms with Gasteiger partial charge in [-0.15, -0.1) is 23.2 Å². The Kier molecular flexibility index (Phi) is 5.07. The molecular formula is C27H17Cl2F3N2O3. The summed E-state index contributed by atoms with van der Waals surface area (Å²) in [7, 11) is 0. The number of carbonyl (C=O) groups is 3. The van der Waals surface area contributed by atoms with Crippen molar-refractivity contribution >= 4 is 46.6 Å². The van der Waals surface area contributed by atoms with E-state index in [1.165, 1.54) is 6.07 Å². The Labute approximate surface area is 219 Å². The average Bonchev–Trinajstić information content (AvgIpc) is 3.13. The molecule has 2 bridgehead atoms. The van der Waals surface area contributed by atoms with Crippen molar-refractivity contribution in [1.82, 2.24) is 4.90 Å². The number of halogens is 5. The highest BCUT2D eigenvalue weighted by molar-refractivity contribution is 6.36. The van der Waals surface area contributed by atoms with E-state index in [4.69, 9.17) is 23.2 Å². The molecule has 1 heterocycles. The summed E-state index contributed by atoms with van der Waals surface area (Å²) in [6.07, 6.45) is -4.59. The Balaban J connectivity index is 1.37. The molecule has 10 heteroatoms. The molecule has 1 N–H and O–H groups in total. The Bertz CT molecular complexity index is 1380. The van der Waals surface area contributed by atoms with Crippen LogP contribution in [-0.2, 0) is 30.3 Å². The van der Waals surface area contributed by atoms with Gasteiger partial charge in [0.2, 0.25) is 17.7 Å². The molecule has 0 unspecified atom stereocenters. The third-order valence-electron chi connectivity index (χ3n) is 7.45. The lowest BCUT2D eigenvalue weighted by atomic mass is 9.54. The van der Waals surface area contributed by atoms with Crippen LogP contribution in [0.1, 0.15) is 27.8 Å². The van der Waals surface area contributed by atoms with Crippen molar-refractivity contribution in [3.63, 3.8) is 0 Å². The van der Waals surface area contributed by atoms with E-state index in [1.54, 1.807) is 48.5 Å². The minimum absolute atomic E-state index is 0.112. The molecule has 4 aliphatic rings. The molecule has 1 fully saturated rings. The molecule has 3 aliphatic carbocycles. The number of rotatable bonds is 3. The maximum absolute atomic E-state index is 13.7. The van der Waals surface area contributed by atoms with E-state index in [0.717, 1.165) is 23.1 Å². The van der Waals surface area contributed by atoms with Crippen molar-refractivity contribution < 1.29 is 27.6 Å². The maximum Gasteiger partial charge on any atom is 0.416 e. The van der Waals surface area contributed by atoms with E-state index >= 15 is 0 Å². The quantitative estimate of drug-likeness (QED) is 0.362. The predicted octanol–water partition coefficient (Wildman–Crippen LogP) is 5.24. The Morgan fingerprint density at radius 2 is 1.27 bits per heavy atom. The zero-order valence-corrected chi connectivity index (χ0v) is 20.4. The number of nitrogens with one attached hydrogen (secondary N) is 1. The number of imide groups is 1. The molecule has 3 aromatic carbocycles. The van der Waals surface area contributed by atoms with E-state index in [1.807, 2.05) is 0 Å². The second kappa shape index (κ2) is 7.82. The monoisotopic (exact) mass is 544 g/mol. The number of hydrogen-bond acceptors (Lipinski definition) is 3. The van der Waals surface area contributed by atoms with Gasteiger partial charge in [-0.1, -0.05) is 54.6 Å². The highest BCUT2D eigenvalue weighted by Gasteiger charge is 2.73. The molecule has 0 radical (unpaired) electrons. The summed E-state index contributed by atoms with van der Waals surface area (Å²) < 4.78 is 39.1. The van der Waals surface area contributed by atoms with Gasteiger partial charge >= 0.3 is 6.18 Å². The van der Waals surface area contributed by atoms with Gasteiger partial charge in [0, 0.05) is 5.69 Å². The third-order valence-corrected chi connectivity index (χ3v) is 8.74. The van der Waals surface area contributed by atoms with Gasteiger partial charge in [-0.25, -0.2) is 0 Å². The first-order valence-electron chi connectivity index (χ1n) is 11.4.